The molecule has 0 spiro atoms. The molecule has 19 heavy (non-hydrogen) atoms. The molecule has 0 atom stereocenters. The largest absolute Gasteiger partial charge is 0.269 e. The lowest BCUT2D eigenvalue weighted by molar-refractivity contribution is 0.588. The summed E-state index contributed by atoms with van der Waals surface area (Å²) in [6.45, 7) is 1.89. The van der Waals surface area contributed by atoms with Crippen LogP contribution in [0.3, 0.4) is 0 Å². The lowest BCUT2D eigenvalue weighted by Gasteiger charge is -2.06. The first-order valence-electron chi connectivity index (χ1n) is 6.11. The van der Waals surface area contributed by atoms with Crippen molar-refractivity contribution in [3.63, 3.8) is 0 Å². The van der Waals surface area contributed by atoms with Crippen LogP contribution in [0.2, 0.25) is 0 Å². The maximum absolute atomic E-state index is 12.6. The van der Waals surface area contributed by atoms with Crippen molar-refractivity contribution in [2.24, 2.45) is 0 Å². The second kappa shape index (κ2) is 4.17. The van der Waals surface area contributed by atoms with Gasteiger partial charge in [0.05, 0.1) is 6.27 Å². The van der Waals surface area contributed by atoms with Gasteiger partial charge in [-0.2, -0.15) is 0 Å². The average molecular weight is 274 g/mol. The molecular formula is C13H11N3O2S. The Bertz CT molecular complexity index is 886. The standard InChI is InChI=1S/C13H11N3O2S/c1-10-2-4-11(5-3-10)19(17,18)16-9-6-12-13(16)15-8-7-14-12/h2-9H,1H3/i7D. The van der Waals surface area contributed by atoms with Crippen LogP contribution >= 0.6 is 0 Å². The second-order valence-corrected chi connectivity index (χ2v) is 5.95. The first-order chi connectivity index (χ1) is 9.48. The smallest absolute Gasteiger partial charge is 0.251 e. The molecule has 0 radical (unpaired) electrons. The fourth-order valence-corrected chi connectivity index (χ4v) is 3.11. The van der Waals surface area contributed by atoms with Gasteiger partial charge >= 0.3 is 0 Å². The summed E-state index contributed by atoms with van der Waals surface area (Å²) in [6, 6.07) is 8.13. The molecular weight excluding hydrogens is 262 g/mol. The van der Waals surface area contributed by atoms with Crippen molar-refractivity contribution in [2.45, 2.75) is 11.8 Å². The topological polar surface area (TPSA) is 64.8 Å². The Morgan fingerprint density at radius 2 is 1.89 bits per heavy atom. The number of rotatable bonds is 2. The van der Waals surface area contributed by atoms with Gasteiger partial charge in [-0.05, 0) is 25.1 Å². The fourth-order valence-electron chi connectivity index (χ4n) is 1.81. The molecule has 0 aliphatic carbocycles. The van der Waals surface area contributed by atoms with Crippen LogP contribution < -0.4 is 0 Å². The zero-order chi connectivity index (χ0) is 14.3. The maximum Gasteiger partial charge on any atom is 0.269 e. The summed E-state index contributed by atoms with van der Waals surface area (Å²) in [5.74, 6) is 0. The van der Waals surface area contributed by atoms with Crippen LogP contribution in [0.1, 0.15) is 6.93 Å². The fraction of sp³-hybridized carbons (Fsp3) is 0.0769. The van der Waals surface area contributed by atoms with Crippen molar-refractivity contribution in [1.29, 1.82) is 0 Å². The molecule has 0 fully saturated rings. The Morgan fingerprint density at radius 3 is 2.63 bits per heavy atom. The van der Waals surface area contributed by atoms with Crippen LogP contribution in [0.15, 0.2) is 53.8 Å². The third-order valence-electron chi connectivity index (χ3n) is 2.81. The van der Waals surface area contributed by atoms with Gasteiger partial charge < -0.3 is 0 Å². The van der Waals surface area contributed by atoms with Gasteiger partial charge in [0.2, 0.25) is 0 Å². The molecule has 0 unspecified atom stereocenters. The van der Waals surface area contributed by atoms with Gasteiger partial charge in [0.25, 0.3) is 10.0 Å². The summed E-state index contributed by atoms with van der Waals surface area (Å²) in [5.41, 5.74) is 1.59. The van der Waals surface area contributed by atoms with Crippen molar-refractivity contribution in [2.75, 3.05) is 0 Å². The minimum atomic E-state index is -3.70. The zero-order valence-electron chi connectivity index (χ0n) is 11.1. The molecule has 0 amide bonds. The molecule has 3 aromatic rings. The third kappa shape index (κ3) is 1.90. The first-order valence-corrected chi connectivity index (χ1v) is 7.05. The van der Waals surface area contributed by atoms with E-state index in [1.165, 1.54) is 18.5 Å². The number of nitrogens with zero attached hydrogens (tertiary/aromatic N) is 3. The predicted octanol–water partition coefficient (Wildman–Crippen LogP) is 1.98. The Morgan fingerprint density at radius 1 is 1.16 bits per heavy atom. The first kappa shape index (κ1) is 10.7. The Labute approximate surface area is 112 Å². The minimum Gasteiger partial charge on any atom is -0.251 e. The number of aromatic nitrogens is 3. The number of hydrogen-bond donors (Lipinski definition) is 0. The molecule has 0 bridgehead atoms. The van der Waals surface area contributed by atoms with E-state index < -0.39 is 10.0 Å². The minimum absolute atomic E-state index is 0.00276. The highest BCUT2D eigenvalue weighted by atomic mass is 32.2. The van der Waals surface area contributed by atoms with Gasteiger partial charge in [0.1, 0.15) is 5.52 Å². The van der Waals surface area contributed by atoms with E-state index in [9.17, 15) is 8.42 Å². The van der Waals surface area contributed by atoms with Crippen molar-refractivity contribution >= 4 is 21.2 Å². The van der Waals surface area contributed by atoms with E-state index in [1.807, 2.05) is 6.92 Å². The highest BCUT2D eigenvalue weighted by molar-refractivity contribution is 7.90. The van der Waals surface area contributed by atoms with E-state index in [2.05, 4.69) is 9.97 Å². The molecule has 0 saturated carbocycles. The highest BCUT2D eigenvalue weighted by Crippen LogP contribution is 2.19. The van der Waals surface area contributed by atoms with Crippen LogP contribution in [0.5, 0.6) is 0 Å². The lowest BCUT2D eigenvalue weighted by atomic mass is 10.2. The number of hydrogen-bond acceptors (Lipinski definition) is 4. The number of fused-ring (bicyclic) bond motifs is 1. The molecule has 5 nitrogen and oxygen atoms in total. The second-order valence-electron chi connectivity index (χ2n) is 4.14. The zero-order valence-corrected chi connectivity index (χ0v) is 10.9. The van der Waals surface area contributed by atoms with E-state index in [1.54, 1.807) is 24.3 Å². The Kier molecular flexibility index (Phi) is 2.34. The summed E-state index contributed by atoms with van der Waals surface area (Å²) in [4.78, 5) is 8.11. The summed E-state index contributed by atoms with van der Waals surface area (Å²) in [6.07, 6.45) is 2.63. The monoisotopic (exact) mass is 274 g/mol. The van der Waals surface area contributed by atoms with Crippen molar-refractivity contribution in [1.82, 2.24) is 13.9 Å². The average Bonchev–Trinajstić information content (AvgIpc) is 2.82. The van der Waals surface area contributed by atoms with Gasteiger partial charge in [-0.1, -0.05) is 17.7 Å². The molecule has 2 aromatic heterocycles. The van der Waals surface area contributed by atoms with Crippen LogP contribution in [0.4, 0.5) is 0 Å². The van der Waals surface area contributed by atoms with Crippen molar-refractivity contribution < 1.29 is 9.79 Å². The number of aryl methyl sites for hydroxylation is 1. The van der Waals surface area contributed by atoms with E-state index in [4.69, 9.17) is 1.37 Å². The lowest BCUT2D eigenvalue weighted by Crippen LogP contribution is -2.12. The molecule has 0 N–H and O–H groups in total. The molecule has 1 aromatic carbocycles. The van der Waals surface area contributed by atoms with Crippen LogP contribution in [-0.4, -0.2) is 22.4 Å². The van der Waals surface area contributed by atoms with E-state index in [0.29, 0.717) is 5.52 Å². The Hall–Kier alpha value is -2.21. The third-order valence-corrected chi connectivity index (χ3v) is 4.49. The summed E-state index contributed by atoms with van der Waals surface area (Å²) < 4.78 is 33.6. The number of benzene rings is 1. The molecule has 0 aliphatic rings. The molecule has 2 heterocycles. The summed E-state index contributed by atoms with van der Waals surface area (Å²) in [5, 5.41) is 0. The van der Waals surface area contributed by atoms with Gasteiger partial charge in [0.15, 0.2) is 5.65 Å². The van der Waals surface area contributed by atoms with E-state index in [-0.39, 0.29) is 16.7 Å². The molecule has 0 saturated heterocycles. The van der Waals surface area contributed by atoms with Crippen LogP contribution in [0, 0.1) is 6.92 Å². The van der Waals surface area contributed by atoms with Crippen LogP contribution in [-0.2, 0) is 10.0 Å². The van der Waals surface area contributed by atoms with Crippen LogP contribution in [0.25, 0.3) is 11.2 Å². The molecule has 6 heteroatoms. The Balaban J connectivity index is 2.21. The quantitative estimate of drug-likeness (QED) is 0.716. The SMILES string of the molecule is [2H]c1cnc2c(ccn2S(=O)(=O)c2ccc(C)cc2)n1. The van der Waals surface area contributed by atoms with E-state index >= 15 is 0 Å². The highest BCUT2D eigenvalue weighted by Gasteiger charge is 2.19. The van der Waals surface area contributed by atoms with Gasteiger partial charge in [-0.3, -0.25) is 4.98 Å². The van der Waals surface area contributed by atoms with Crippen molar-refractivity contribution in [3.8, 4) is 0 Å². The van der Waals surface area contributed by atoms with Gasteiger partial charge in [0, 0.05) is 18.6 Å². The normalized spacial score (nSPS) is 12.6. The molecule has 3 rings (SSSR count). The summed E-state index contributed by atoms with van der Waals surface area (Å²) in [7, 11) is -3.70. The van der Waals surface area contributed by atoms with E-state index in [0.717, 1.165) is 9.54 Å². The van der Waals surface area contributed by atoms with Gasteiger partial charge in [-0.25, -0.2) is 17.4 Å². The molecule has 0 aliphatic heterocycles. The maximum atomic E-state index is 12.6. The predicted molar refractivity (Wildman–Crippen MR) is 71.3 cm³/mol. The summed E-state index contributed by atoms with van der Waals surface area (Å²) >= 11 is 0. The van der Waals surface area contributed by atoms with Crippen molar-refractivity contribution in [3.05, 3.63) is 54.5 Å². The molecule has 96 valence electrons. The van der Waals surface area contributed by atoms with Gasteiger partial charge in [-0.15, -0.1) is 0 Å².